The minimum atomic E-state index is 0. The third-order valence-corrected chi connectivity index (χ3v) is 23.4. The number of rotatable bonds is 11. The molecule has 22 rings (SSSR count). The van der Waals surface area contributed by atoms with Gasteiger partial charge in [-0.15, -0.1) is 0 Å². The topological polar surface area (TPSA) is 23.0 Å². The number of fused-ring (bicyclic) bond motifs is 12. The quantitative estimate of drug-likeness (QED) is 0.118. The summed E-state index contributed by atoms with van der Waals surface area (Å²) in [5.74, 6) is 0. The molecule has 0 bridgehead atoms. The molecule has 0 atom stereocenters. The molecule has 22 aromatic rings. The van der Waals surface area contributed by atoms with Gasteiger partial charge in [0.25, 0.3) is 0 Å². The maximum atomic E-state index is 8.39. The summed E-state index contributed by atoms with van der Waals surface area (Å²) in [5.41, 5.74) is 26.4. The molecule has 0 aliphatic heterocycles. The van der Waals surface area contributed by atoms with Gasteiger partial charge >= 0.3 is 0 Å². The summed E-state index contributed by atoms with van der Waals surface area (Å²) in [7, 11) is 0. The Balaban J connectivity index is 0.000000131. The molecule has 577 valence electrons. The summed E-state index contributed by atoms with van der Waals surface area (Å²) < 4.78 is 36.7. The normalized spacial score (nSPS) is 11.3. The highest BCUT2D eigenvalue weighted by Gasteiger charge is 2.20. The van der Waals surface area contributed by atoms with Crippen LogP contribution in [0, 0.1) is 0 Å². The summed E-state index contributed by atoms with van der Waals surface area (Å²) in [6.07, 6.45) is 0. The first-order valence-corrected chi connectivity index (χ1v) is 41.5. The molecule has 0 saturated heterocycles. The third-order valence-electron chi connectivity index (χ3n) is 21.6. The van der Waals surface area contributed by atoms with Gasteiger partial charge < -0.3 is 23.2 Å². The van der Waals surface area contributed by atoms with E-state index >= 15 is 0 Å². The maximum Gasteiger partial charge on any atom is 0.0623 e. The van der Waals surface area contributed by atoms with E-state index in [4.69, 9.17) is 15.7 Å². The van der Waals surface area contributed by atoms with Crippen molar-refractivity contribution >= 4 is 172 Å². The SMILES string of the molecule is Brc1ccc2c(c1)c1cc(Br)ccc1n2-c1ccccc1.C.C.[2H]c1ccc2c(c1)c1cc(-c3ccc(Cl)cc3)ccc1n2-c1ccccc1.[2H]c1ccc2c(c1)c1cc(-c3ccc(N(c4ccc(-c5ccccc5)cc4)c4ccc(-c5ccccc5)cc4)cc3)ccc1n2-c1ccccc1.[2H]c1ccc2c(c1)c1cc(Br)ccc1n2-c1ccccc1.[B]. The number of nitrogens with zero attached hydrogens (tertiary/aromatic N) is 5. The summed E-state index contributed by atoms with van der Waals surface area (Å²) in [6, 6.07) is 149. The predicted octanol–water partition coefficient (Wildman–Crippen LogP) is 33.1. The van der Waals surface area contributed by atoms with Crippen LogP contribution in [-0.4, -0.2) is 26.7 Å². The van der Waals surface area contributed by atoms with Crippen LogP contribution in [0.4, 0.5) is 17.1 Å². The highest BCUT2D eigenvalue weighted by atomic mass is 79.9. The highest BCUT2D eigenvalue weighted by Crippen LogP contribution is 2.43. The van der Waals surface area contributed by atoms with Crippen molar-refractivity contribution in [3.63, 3.8) is 0 Å². The Hall–Kier alpha value is -13.2. The van der Waals surface area contributed by atoms with E-state index in [1.54, 1.807) is 0 Å². The first kappa shape index (κ1) is 76.7. The van der Waals surface area contributed by atoms with Crippen molar-refractivity contribution in [3.05, 3.63) is 461 Å². The molecule has 0 N–H and O–H groups in total. The van der Waals surface area contributed by atoms with Crippen LogP contribution in [0.1, 0.15) is 19.0 Å². The third kappa shape index (κ3) is 16.1. The molecule has 3 radical (unpaired) electrons. The molecule has 120 heavy (non-hydrogen) atoms. The summed E-state index contributed by atoms with van der Waals surface area (Å²) in [4.78, 5) is 2.32. The Morgan fingerprint density at radius 1 is 0.208 bits per heavy atom. The van der Waals surface area contributed by atoms with Crippen LogP contribution < -0.4 is 4.90 Å². The van der Waals surface area contributed by atoms with Crippen LogP contribution in [0.15, 0.2) is 456 Å². The molecule has 0 spiro atoms. The van der Waals surface area contributed by atoms with Crippen molar-refractivity contribution in [2.45, 2.75) is 14.9 Å². The molecule has 0 fully saturated rings. The van der Waals surface area contributed by atoms with Crippen LogP contribution in [0.2, 0.25) is 5.02 Å². The minimum absolute atomic E-state index is 0. The van der Waals surface area contributed by atoms with Crippen LogP contribution in [0.3, 0.4) is 0 Å². The van der Waals surface area contributed by atoms with Crippen molar-refractivity contribution in [2.75, 3.05) is 4.90 Å². The molecule has 0 saturated carbocycles. The first-order chi connectivity index (χ1) is 58.9. The second kappa shape index (κ2) is 35.9. The standard InChI is InChI=1S/C48H34N2.C24H16ClN.C18H11Br2N.C18H12BrN.2CH4.B/c1-4-12-35(13-5-1)37-20-27-42(28-21-37)49(43-29-22-38(23-30-43)36-14-6-2-7-15-36)44-31-24-39(25-32-44)40-26-33-48-46(34-40)45-18-10-11-19-47(45)50(48)41-16-8-3-9-17-41;25-19-13-10-17(11-14-19)18-12-15-24-22(16-18)21-8-4-5-9-23(21)26(24)20-6-2-1-3-7-20;19-12-6-8-17-15(10-12)16-11-13(20)7-9-18(16)21(17)14-4-2-1-3-5-14;19-13-10-11-18-16(12-13)15-8-4-5-9-17(15)20(18)14-6-2-1-3-7-14;;;/h1-34H;1-16H;1-11H;1-12H;2*1H4;/i10D;4D;;4D;;;. The zero-order valence-corrected chi connectivity index (χ0v) is 69.3. The fourth-order valence-corrected chi connectivity index (χ4v) is 17.4. The molecule has 5 nitrogen and oxygen atoms in total. The van der Waals surface area contributed by atoms with E-state index < -0.39 is 0 Å². The number of anilines is 3. The smallest absolute Gasteiger partial charge is 0.0623 e. The second-order valence-electron chi connectivity index (χ2n) is 28.7. The van der Waals surface area contributed by atoms with Gasteiger partial charge in [0, 0.05) is 110 Å². The average molecular weight is 1760 g/mol. The molecule has 10 heteroatoms. The second-order valence-corrected chi connectivity index (χ2v) is 31.9. The van der Waals surface area contributed by atoms with E-state index in [9.17, 15) is 0 Å². The first-order valence-electron chi connectivity index (χ1n) is 40.3. The number of aromatic nitrogens is 4. The van der Waals surface area contributed by atoms with Crippen molar-refractivity contribution < 1.29 is 4.11 Å². The van der Waals surface area contributed by atoms with E-state index in [-0.39, 0.29) is 23.3 Å². The van der Waals surface area contributed by atoms with E-state index in [2.05, 4.69) is 374 Å². The van der Waals surface area contributed by atoms with Crippen molar-refractivity contribution in [3.8, 4) is 67.3 Å². The minimum Gasteiger partial charge on any atom is -0.311 e. The number of hydrogen-bond donors (Lipinski definition) is 0. The van der Waals surface area contributed by atoms with E-state index in [1.807, 2.05) is 121 Å². The van der Waals surface area contributed by atoms with Gasteiger partial charge in [-0.25, -0.2) is 0 Å². The number of halogens is 4. The van der Waals surface area contributed by atoms with Gasteiger partial charge in [0.05, 0.1) is 48.2 Å². The van der Waals surface area contributed by atoms with Crippen molar-refractivity contribution in [1.29, 1.82) is 0 Å². The fraction of sp³-hybridized carbons (Fsp3) is 0.0182. The lowest BCUT2D eigenvalue weighted by Gasteiger charge is -2.26. The lowest BCUT2D eigenvalue weighted by molar-refractivity contribution is 1.18. The van der Waals surface area contributed by atoms with E-state index in [0.717, 1.165) is 140 Å². The van der Waals surface area contributed by atoms with Gasteiger partial charge in [-0.05, 0) is 239 Å². The Labute approximate surface area is 736 Å². The van der Waals surface area contributed by atoms with Crippen molar-refractivity contribution in [2.24, 2.45) is 0 Å². The Kier molecular flexibility index (Phi) is 23.0. The zero-order chi connectivity index (χ0) is 81.3. The largest absolute Gasteiger partial charge is 0.311 e. The zero-order valence-electron chi connectivity index (χ0n) is 66.7. The van der Waals surface area contributed by atoms with Crippen LogP contribution in [0.5, 0.6) is 0 Å². The molecule has 0 unspecified atom stereocenters. The van der Waals surface area contributed by atoms with Crippen molar-refractivity contribution in [1.82, 2.24) is 18.3 Å². The number of hydrogen-bond acceptors (Lipinski definition) is 1. The van der Waals surface area contributed by atoms with Gasteiger partial charge in [0.15, 0.2) is 0 Å². The summed E-state index contributed by atoms with van der Waals surface area (Å²) >= 11 is 16.7. The molecular formula is C110H81BBr3ClN5. The van der Waals surface area contributed by atoms with Gasteiger partial charge in [-0.3, -0.25) is 0 Å². The molecule has 0 amide bonds. The maximum absolute atomic E-state index is 8.39. The van der Waals surface area contributed by atoms with Crippen LogP contribution >= 0.6 is 59.4 Å². The van der Waals surface area contributed by atoms with Gasteiger partial charge in [-0.2, -0.15) is 0 Å². The van der Waals surface area contributed by atoms with Gasteiger partial charge in [0.1, 0.15) is 0 Å². The Morgan fingerprint density at radius 2 is 0.425 bits per heavy atom. The lowest BCUT2D eigenvalue weighted by atomic mass is 10.0. The van der Waals surface area contributed by atoms with Gasteiger partial charge in [0.2, 0.25) is 0 Å². The van der Waals surface area contributed by atoms with Crippen LogP contribution in [0.25, 0.3) is 154 Å². The van der Waals surface area contributed by atoms with E-state index in [0.29, 0.717) is 18.1 Å². The molecule has 0 aliphatic rings. The molecule has 4 aromatic heterocycles. The van der Waals surface area contributed by atoms with E-state index in [1.165, 1.54) is 49.7 Å². The molecule has 18 aromatic carbocycles. The predicted molar refractivity (Wildman–Crippen MR) is 527 cm³/mol. The summed E-state index contributed by atoms with van der Waals surface area (Å²) in [5, 5.41) is 9.99. The molecular weight excluding hydrogens is 1680 g/mol. The molecule has 0 aliphatic carbocycles. The average Bonchev–Trinajstić information content (AvgIpc) is 1.61. The molecule has 4 heterocycles. The lowest BCUT2D eigenvalue weighted by Crippen LogP contribution is -2.09. The monoisotopic (exact) mass is 1760 g/mol. The fourth-order valence-electron chi connectivity index (χ4n) is 16.2. The van der Waals surface area contributed by atoms with Crippen LogP contribution in [-0.2, 0) is 0 Å². The summed E-state index contributed by atoms with van der Waals surface area (Å²) in [6.45, 7) is 0. The highest BCUT2D eigenvalue weighted by molar-refractivity contribution is 9.11. The number of benzene rings is 18. The Morgan fingerprint density at radius 3 is 0.717 bits per heavy atom. The van der Waals surface area contributed by atoms with Gasteiger partial charge in [-0.1, -0.05) is 323 Å². The Bertz CT molecular complexity index is 7140. The number of para-hydroxylation sites is 7.